The highest BCUT2D eigenvalue weighted by Gasteiger charge is 2.17. The Hall–Kier alpha value is -1.01. The Morgan fingerprint density at radius 1 is 1.62 bits per heavy atom. The SMILES string of the molecule is Cc1nnc(NC(=O)CC2CCCNC2)s1. The molecule has 2 heterocycles. The van der Waals surface area contributed by atoms with Crippen LogP contribution in [0.4, 0.5) is 5.13 Å². The maximum absolute atomic E-state index is 11.7. The molecule has 0 spiro atoms. The van der Waals surface area contributed by atoms with Crippen molar-refractivity contribution in [1.82, 2.24) is 15.5 Å². The molecule has 88 valence electrons. The first-order valence-electron chi connectivity index (χ1n) is 5.54. The summed E-state index contributed by atoms with van der Waals surface area (Å²) >= 11 is 1.41. The molecule has 1 aliphatic rings. The highest BCUT2D eigenvalue weighted by Crippen LogP contribution is 2.17. The zero-order chi connectivity index (χ0) is 11.4. The Morgan fingerprint density at radius 3 is 3.12 bits per heavy atom. The molecular weight excluding hydrogens is 224 g/mol. The number of carbonyl (C=O) groups excluding carboxylic acids is 1. The normalized spacial score (nSPS) is 20.7. The molecule has 6 heteroatoms. The van der Waals surface area contributed by atoms with Crippen molar-refractivity contribution in [3.8, 4) is 0 Å². The van der Waals surface area contributed by atoms with Gasteiger partial charge in [-0.3, -0.25) is 4.79 Å². The van der Waals surface area contributed by atoms with Crippen LogP contribution in [0.3, 0.4) is 0 Å². The average Bonchev–Trinajstić information content (AvgIpc) is 2.65. The topological polar surface area (TPSA) is 66.9 Å². The maximum Gasteiger partial charge on any atom is 0.226 e. The molecule has 0 bridgehead atoms. The van der Waals surface area contributed by atoms with E-state index in [0.29, 0.717) is 17.5 Å². The molecule has 0 saturated carbocycles. The zero-order valence-electron chi connectivity index (χ0n) is 9.32. The second kappa shape index (κ2) is 5.36. The van der Waals surface area contributed by atoms with Crippen molar-refractivity contribution in [1.29, 1.82) is 0 Å². The van der Waals surface area contributed by atoms with Gasteiger partial charge in [0.25, 0.3) is 0 Å². The number of nitrogens with one attached hydrogen (secondary N) is 2. The van der Waals surface area contributed by atoms with Crippen LogP contribution in [0.1, 0.15) is 24.3 Å². The third-order valence-electron chi connectivity index (χ3n) is 2.65. The van der Waals surface area contributed by atoms with Crippen molar-refractivity contribution >= 4 is 22.4 Å². The van der Waals surface area contributed by atoms with Crippen LogP contribution < -0.4 is 10.6 Å². The first-order valence-corrected chi connectivity index (χ1v) is 6.36. The van der Waals surface area contributed by atoms with Crippen LogP contribution in [0.15, 0.2) is 0 Å². The van der Waals surface area contributed by atoms with Crippen molar-refractivity contribution in [3.05, 3.63) is 5.01 Å². The van der Waals surface area contributed by atoms with E-state index in [1.807, 2.05) is 6.92 Å². The Kier molecular flexibility index (Phi) is 3.84. The van der Waals surface area contributed by atoms with Crippen LogP contribution in [0, 0.1) is 12.8 Å². The largest absolute Gasteiger partial charge is 0.316 e. The first kappa shape index (κ1) is 11.5. The van der Waals surface area contributed by atoms with Gasteiger partial charge in [-0.05, 0) is 38.8 Å². The number of nitrogens with zero attached hydrogens (tertiary/aromatic N) is 2. The van der Waals surface area contributed by atoms with Crippen LogP contribution in [-0.2, 0) is 4.79 Å². The lowest BCUT2D eigenvalue weighted by molar-refractivity contribution is -0.117. The van der Waals surface area contributed by atoms with E-state index in [2.05, 4.69) is 20.8 Å². The molecule has 1 aromatic rings. The van der Waals surface area contributed by atoms with E-state index in [1.54, 1.807) is 0 Å². The number of aromatic nitrogens is 2. The van der Waals surface area contributed by atoms with E-state index in [4.69, 9.17) is 0 Å². The molecule has 1 aliphatic heterocycles. The standard InChI is InChI=1S/C10H16N4OS/c1-7-13-14-10(16-7)12-9(15)5-8-3-2-4-11-6-8/h8,11H,2-6H2,1H3,(H,12,14,15). The minimum Gasteiger partial charge on any atom is -0.316 e. The number of rotatable bonds is 3. The molecule has 2 rings (SSSR count). The second-order valence-corrected chi connectivity index (χ2v) is 5.27. The molecule has 1 aromatic heterocycles. The number of aryl methyl sites for hydroxylation is 1. The highest BCUT2D eigenvalue weighted by atomic mass is 32.1. The summed E-state index contributed by atoms with van der Waals surface area (Å²) in [5.74, 6) is 0.507. The van der Waals surface area contributed by atoms with Gasteiger partial charge in [-0.25, -0.2) is 0 Å². The lowest BCUT2D eigenvalue weighted by Gasteiger charge is -2.21. The van der Waals surface area contributed by atoms with E-state index in [0.717, 1.165) is 30.9 Å². The van der Waals surface area contributed by atoms with Crippen LogP contribution >= 0.6 is 11.3 Å². The van der Waals surface area contributed by atoms with Crippen molar-refractivity contribution in [3.63, 3.8) is 0 Å². The van der Waals surface area contributed by atoms with Gasteiger partial charge in [0.2, 0.25) is 11.0 Å². The fourth-order valence-corrected chi connectivity index (χ4v) is 2.49. The van der Waals surface area contributed by atoms with Gasteiger partial charge in [-0.1, -0.05) is 11.3 Å². The fourth-order valence-electron chi connectivity index (χ4n) is 1.88. The number of carbonyl (C=O) groups is 1. The third-order valence-corrected chi connectivity index (χ3v) is 3.40. The first-order chi connectivity index (χ1) is 7.74. The maximum atomic E-state index is 11.7. The number of piperidine rings is 1. The Labute approximate surface area is 98.7 Å². The van der Waals surface area contributed by atoms with Crippen molar-refractivity contribution in [2.75, 3.05) is 18.4 Å². The van der Waals surface area contributed by atoms with E-state index in [-0.39, 0.29) is 5.91 Å². The molecule has 0 aromatic carbocycles. The third kappa shape index (κ3) is 3.24. The Balaban J connectivity index is 1.79. The number of amides is 1. The summed E-state index contributed by atoms with van der Waals surface area (Å²) in [5, 5.41) is 15.3. The van der Waals surface area contributed by atoms with E-state index >= 15 is 0 Å². The summed E-state index contributed by atoms with van der Waals surface area (Å²) in [5.41, 5.74) is 0. The quantitative estimate of drug-likeness (QED) is 0.832. The van der Waals surface area contributed by atoms with Crippen molar-refractivity contribution in [2.45, 2.75) is 26.2 Å². The molecule has 1 atom stereocenters. The van der Waals surface area contributed by atoms with Gasteiger partial charge in [-0.15, -0.1) is 10.2 Å². The van der Waals surface area contributed by atoms with Gasteiger partial charge in [0.1, 0.15) is 5.01 Å². The van der Waals surface area contributed by atoms with E-state index < -0.39 is 0 Å². The predicted octanol–water partition coefficient (Wildman–Crippen LogP) is 1.17. The molecule has 1 saturated heterocycles. The lowest BCUT2D eigenvalue weighted by atomic mass is 9.96. The number of anilines is 1. The molecule has 1 amide bonds. The molecule has 0 radical (unpaired) electrons. The van der Waals surface area contributed by atoms with Gasteiger partial charge >= 0.3 is 0 Å². The van der Waals surface area contributed by atoms with Gasteiger partial charge in [0, 0.05) is 6.42 Å². The summed E-state index contributed by atoms with van der Waals surface area (Å²) in [6, 6.07) is 0. The average molecular weight is 240 g/mol. The minimum atomic E-state index is 0.0462. The predicted molar refractivity (Wildman–Crippen MR) is 63.5 cm³/mol. The summed E-state index contributed by atoms with van der Waals surface area (Å²) < 4.78 is 0. The van der Waals surface area contributed by atoms with Crippen LogP contribution in [-0.4, -0.2) is 29.2 Å². The molecule has 1 fully saturated rings. The zero-order valence-corrected chi connectivity index (χ0v) is 10.1. The van der Waals surface area contributed by atoms with Crippen LogP contribution in [0.25, 0.3) is 0 Å². The smallest absolute Gasteiger partial charge is 0.226 e. The monoisotopic (exact) mass is 240 g/mol. The molecular formula is C10H16N4OS. The summed E-state index contributed by atoms with van der Waals surface area (Å²) in [6.07, 6.45) is 2.87. The lowest BCUT2D eigenvalue weighted by Crippen LogP contribution is -2.32. The Morgan fingerprint density at radius 2 is 2.50 bits per heavy atom. The van der Waals surface area contributed by atoms with Gasteiger partial charge < -0.3 is 10.6 Å². The molecule has 2 N–H and O–H groups in total. The fraction of sp³-hybridized carbons (Fsp3) is 0.700. The van der Waals surface area contributed by atoms with Gasteiger partial charge in [-0.2, -0.15) is 0 Å². The summed E-state index contributed by atoms with van der Waals surface area (Å²) in [4.78, 5) is 11.7. The van der Waals surface area contributed by atoms with Gasteiger partial charge in [0.15, 0.2) is 0 Å². The van der Waals surface area contributed by atoms with Crippen molar-refractivity contribution < 1.29 is 4.79 Å². The molecule has 0 aliphatic carbocycles. The van der Waals surface area contributed by atoms with Crippen LogP contribution in [0.5, 0.6) is 0 Å². The van der Waals surface area contributed by atoms with E-state index in [1.165, 1.54) is 11.3 Å². The minimum absolute atomic E-state index is 0.0462. The second-order valence-electron chi connectivity index (χ2n) is 4.09. The van der Waals surface area contributed by atoms with E-state index in [9.17, 15) is 4.79 Å². The number of hydrogen-bond acceptors (Lipinski definition) is 5. The Bertz CT molecular complexity index is 359. The molecule has 5 nitrogen and oxygen atoms in total. The van der Waals surface area contributed by atoms with Gasteiger partial charge in [0.05, 0.1) is 0 Å². The number of hydrogen-bond donors (Lipinski definition) is 2. The van der Waals surface area contributed by atoms with Crippen molar-refractivity contribution in [2.24, 2.45) is 5.92 Å². The van der Waals surface area contributed by atoms with Crippen LogP contribution in [0.2, 0.25) is 0 Å². The summed E-state index contributed by atoms with van der Waals surface area (Å²) in [6.45, 7) is 3.90. The highest BCUT2D eigenvalue weighted by molar-refractivity contribution is 7.15. The summed E-state index contributed by atoms with van der Waals surface area (Å²) in [7, 11) is 0. The molecule has 16 heavy (non-hydrogen) atoms. The molecule has 1 unspecified atom stereocenters.